The number of piperidine rings is 1. The predicted octanol–water partition coefficient (Wildman–Crippen LogP) is 2.97. The van der Waals surface area contributed by atoms with Gasteiger partial charge in [-0.05, 0) is 44.0 Å². The number of anilines is 1. The third-order valence-electron chi connectivity index (χ3n) is 5.30. The molecular formula is C19H22N6. The largest absolute Gasteiger partial charge is 0.381 e. The maximum Gasteiger partial charge on any atom is 0.163 e. The quantitative estimate of drug-likeness (QED) is 0.771. The van der Waals surface area contributed by atoms with Gasteiger partial charge < -0.3 is 15.2 Å². The molecule has 1 aliphatic heterocycles. The summed E-state index contributed by atoms with van der Waals surface area (Å²) >= 11 is 0. The van der Waals surface area contributed by atoms with Crippen molar-refractivity contribution in [2.24, 2.45) is 0 Å². The normalized spacial score (nSPS) is 18.5. The fourth-order valence-corrected chi connectivity index (χ4v) is 3.78. The molecule has 0 aliphatic carbocycles. The zero-order valence-electron chi connectivity index (χ0n) is 14.4. The number of aromatic nitrogens is 3. The second-order valence-electron chi connectivity index (χ2n) is 6.84. The number of aromatic amines is 1. The maximum atomic E-state index is 9.32. The first-order valence-corrected chi connectivity index (χ1v) is 8.71. The summed E-state index contributed by atoms with van der Waals surface area (Å²) in [6.07, 6.45) is 6.00. The molecule has 1 aliphatic rings. The Balaban J connectivity index is 1.71. The number of nitrogens with zero attached hydrogens (tertiary/aromatic N) is 4. The number of benzene rings is 1. The molecule has 0 spiro atoms. The number of hydrogen-bond acceptors (Lipinski definition) is 4. The van der Waals surface area contributed by atoms with Crippen molar-refractivity contribution in [3.05, 3.63) is 36.0 Å². The average Bonchev–Trinajstić information content (AvgIpc) is 3.19. The van der Waals surface area contributed by atoms with E-state index in [9.17, 15) is 5.26 Å². The van der Waals surface area contributed by atoms with Crippen LogP contribution in [0, 0.1) is 11.3 Å². The van der Waals surface area contributed by atoms with E-state index in [0.29, 0.717) is 17.3 Å². The van der Waals surface area contributed by atoms with E-state index in [4.69, 9.17) is 5.73 Å². The minimum atomic E-state index is 0.247. The monoisotopic (exact) mass is 334 g/mol. The number of likely N-dealkylation sites (N-methyl/N-ethyl adjacent to an activating group) is 1. The van der Waals surface area contributed by atoms with E-state index >= 15 is 0 Å². The van der Waals surface area contributed by atoms with Gasteiger partial charge in [0.1, 0.15) is 11.6 Å². The highest BCUT2D eigenvalue weighted by molar-refractivity contribution is 5.86. The molecule has 25 heavy (non-hydrogen) atoms. The topological polar surface area (TPSA) is 86.7 Å². The Labute approximate surface area is 146 Å². The highest BCUT2D eigenvalue weighted by Crippen LogP contribution is 2.29. The van der Waals surface area contributed by atoms with Gasteiger partial charge in [-0.2, -0.15) is 10.4 Å². The minimum absolute atomic E-state index is 0.247. The van der Waals surface area contributed by atoms with Crippen LogP contribution >= 0.6 is 0 Å². The van der Waals surface area contributed by atoms with E-state index in [1.165, 1.54) is 36.7 Å². The highest BCUT2D eigenvalue weighted by atomic mass is 15.2. The molecule has 1 saturated heterocycles. The van der Waals surface area contributed by atoms with Gasteiger partial charge in [0.15, 0.2) is 5.82 Å². The van der Waals surface area contributed by atoms with Crippen molar-refractivity contribution in [1.82, 2.24) is 19.7 Å². The molecule has 128 valence electrons. The van der Waals surface area contributed by atoms with Crippen molar-refractivity contribution >= 4 is 16.7 Å². The minimum Gasteiger partial charge on any atom is -0.381 e. The summed E-state index contributed by atoms with van der Waals surface area (Å²) in [6, 6.07) is 11.1. The fraction of sp³-hybridized carbons (Fsp3) is 0.368. The molecule has 0 amide bonds. The number of hydrogen-bond donors (Lipinski definition) is 2. The molecule has 3 N–H and O–H groups in total. The van der Waals surface area contributed by atoms with Crippen molar-refractivity contribution in [2.75, 3.05) is 19.3 Å². The van der Waals surface area contributed by atoms with Gasteiger partial charge in [-0.15, -0.1) is 0 Å². The van der Waals surface area contributed by atoms with E-state index in [2.05, 4.69) is 57.2 Å². The van der Waals surface area contributed by atoms with Crippen LogP contribution in [0.3, 0.4) is 0 Å². The van der Waals surface area contributed by atoms with E-state index in [0.717, 1.165) is 12.1 Å². The van der Waals surface area contributed by atoms with Crippen LogP contribution in [-0.2, 0) is 6.54 Å². The summed E-state index contributed by atoms with van der Waals surface area (Å²) < 4.78 is 2.32. The maximum absolute atomic E-state index is 9.32. The van der Waals surface area contributed by atoms with Gasteiger partial charge >= 0.3 is 0 Å². The number of nitrogens with two attached hydrogens (primary N) is 1. The summed E-state index contributed by atoms with van der Waals surface area (Å²) in [5.41, 5.74) is 8.98. The van der Waals surface area contributed by atoms with Gasteiger partial charge in [0.05, 0.1) is 5.69 Å². The third kappa shape index (κ3) is 2.77. The van der Waals surface area contributed by atoms with Crippen molar-refractivity contribution in [2.45, 2.75) is 31.8 Å². The number of H-pyrrole nitrogens is 1. The molecule has 1 atom stereocenters. The van der Waals surface area contributed by atoms with Crippen LogP contribution < -0.4 is 5.73 Å². The van der Waals surface area contributed by atoms with E-state index in [-0.39, 0.29) is 5.82 Å². The van der Waals surface area contributed by atoms with Gasteiger partial charge in [-0.1, -0.05) is 18.6 Å². The Morgan fingerprint density at radius 3 is 3.04 bits per heavy atom. The number of nitrogens with one attached hydrogen (secondary N) is 1. The molecule has 0 radical (unpaired) electrons. The zero-order chi connectivity index (χ0) is 17.4. The SMILES string of the molecule is CN1CCCCC1Cn1ccc2ccc(-c3[nH]nc(N)c3C#N)cc21. The van der Waals surface area contributed by atoms with Crippen LogP contribution in [-0.4, -0.2) is 39.3 Å². The molecule has 6 heteroatoms. The van der Waals surface area contributed by atoms with Gasteiger partial charge in [-0.3, -0.25) is 5.10 Å². The van der Waals surface area contributed by atoms with Gasteiger partial charge in [0, 0.05) is 29.9 Å². The molecular weight excluding hydrogens is 312 g/mol. The molecule has 4 rings (SSSR count). The fourth-order valence-electron chi connectivity index (χ4n) is 3.78. The molecule has 1 aromatic carbocycles. The number of rotatable bonds is 3. The molecule has 0 bridgehead atoms. The van der Waals surface area contributed by atoms with E-state index in [1.807, 2.05) is 6.07 Å². The molecule has 3 aromatic rings. The van der Waals surface area contributed by atoms with Crippen molar-refractivity contribution in [3.63, 3.8) is 0 Å². The van der Waals surface area contributed by atoms with Gasteiger partial charge in [0.2, 0.25) is 0 Å². The number of nitrogen functional groups attached to an aromatic ring is 1. The Hall–Kier alpha value is -2.78. The second kappa shape index (κ2) is 6.26. The Morgan fingerprint density at radius 1 is 1.36 bits per heavy atom. The van der Waals surface area contributed by atoms with Crippen LogP contribution in [0.4, 0.5) is 5.82 Å². The Morgan fingerprint density at radius 2 is 2.24 bits per heavy atom. The molecule has 6 nitrogen and oxygen atoms in total. The average molecular weight is 334 g/mol. The zero-order valence-corrected chi connectivity index (χ0v) is 14.4. The number of fused-ring (bicyclic) bond motifs is 1. The lowest BCUT2D eigenvalue weighted by atomic mass is 10.0. The lowest BCUT2D eigenvalue weighted by molar-refractivity contribution is 0.169. The summed E-state index contributed by atoms with van der Waals surface area (Å²) in [7, 11) is 2.22. The molecule has 1 unspecified atom stereocenters. The van der Waals surface area contributed by atoms with Crippen molar-refractivity contribution < 1.29 is 0 Å². The first-order valence-electron chi connectivity index (χ1n) is 8.71. The lowest BCUT2D eigenvalue weighted by Gasteiger charge is -2.32. The van der Waals surface area contributed by atoms with Crippen LogP contribution in [0.1, 0.15) is 24.8 Å². The lowest BCUT2D eigenvalue weighted by Crippen LogP contribution is -2.38. The summed E-state index contributed by atoms with van der Waals surface area (Å²) in [6.45, 7) is 2.16. The van der Waals surface area contributed by atoms with Crippen LogP contribution in [0.5, 0.6) is 0 Å². The standard InChI is InChI=1S/C19H22N6/c1-24-8-3-2-4-15(24)12-25-9-7-13-5-6-14(10-17(13)25)18-16(11-20)19(21)23-22-18/h5-7,9-10,15H,2-4,8,12H2,1H3,(H3,21,22,23). The molecule has 2 aromatic heterocycles. The van der Waals surface area contributed by atoms with E-state index in [1.54, 1.807) is 0 Å². The first kappa shape index (κ1) is 15.7. The third-order valence-corrected chi connectivity index (χ3v) is 5.30. The molecule has 3 heterocycles. The number of nitriles is 1. The molecule has 1 fully saturated rings. The Kier molecular flexibility index (Phi) is 3.94. The summed E-state index contributed by atoms with van der Waals surface area (Å²) in [5.74, 6) is 0.247. The number of likely N-dealkylation sites (tertiary alicyclic amines) is 1. The summed E-state index contributed by atoms with van der Waals surface area (Å²) in [5, 5.41) is 17.4. The van der Waals surface area contributed by atoms with Gasteiger partial charge in [0.25, 0.3) is 0 Å². The van der Waals surface area contributed by atoms with Crippen LogP contribution in [0.25, 0.3) is 22.2 Å². The predicted molar refractivity (Wildman–Crippen MR) is 98.9 cm³/mol. The summed E-state index contributed by atoms with van der Waals surface area (Å²) in [4.78, 5) is 2.46. The van der Waals surface area contributed by atoms with Crippen LogP contribution in [0.2, 0.25) is 0 Å². The van der Waals surface area contributed by atoms with Crippen molar-refractivity contribution in [1.29, 1.82) is 5.26 Å². The second-order valence-corrected chi connectivity index (χ2v) is 6.84. The van der Waals surface area contributed by atoms with E-state index < -0.39 is 0 Å². The highest BCUT2D eigenvalue weighted by Gasteiger charge is 2.20. The van der Waals surface area contributed by atoms with Gasteiger partial charge in [-0.25, -0.2) is 0 Å². The Bertz CT molecular complexity index is 945. The van der Waals surface area contributed by atoms with Crippen LogP contribution in [0.15, 0.2) is 30.5 Å². The smallest absolute Gasteiger partial charge is 0.163 e. The molecule has 0 saturated carbocycles. The first-order chi connectivity index (χ1) is 12.2. The van der Waals surface area contributed by atoms with Crippen molar-refractivity contribution in [3.8, 4) is 17.3 Å².